The van der Waals surface area contributed by atoms with Gasteiger partial charge in [-0.25, -0.2) is 9.37 Å². The Morgan fingerprint density at radius 1 is 1.18 bits per heavy atom. The number of benzene rings is 1. The van der Waals surface area contributed by atoms with E-state index in [0.29, 0.717) is 34.7 Å². The molecule has 2 heterocycles. The average Bonchev–Trinajstić information content (AvgIpc) is 3.17. The number of thioether (sulfide) groups is 1. The van der Waals surface area contributed by atoms with Crippen molar-refractivity contribution in [3.05, 3.63) is 53.8 Å². The Kier molecular flexibility index (Phi) is 4.53. The molecule has 0 aliphatic rings. The molecule has 0 fully saturated rings. The molecule has 0 saturated carbocycles. The molecule has 114 valence electrons. The summed E-state index contributed by atoms with van der Waals surface area (Å²) in [7, 11) is 0. The Morgan fingerprint density at radius 3 is 2.73 bits per heavy atom. The SMILES string of the molecule is CCc1cnc(CSCc2noc(-c3ccc(F)cc3)n2)o1. The number of aryl methyl sites for hydroxylation is 1. The van der Waals surface area contributed by atoms with Crippen molar-refractivity contribution < 1.29 is 13.3 Å². The lowest BCUT2D eigenvalue weighted by molar-refractivity contribution is 0.425. The number of rotatable bonds is 6. The highest BCUT2D eigenvalue weighted by atomic mass is 32.2. The van der Waals surface area contributed by atoms with Gasteiger partial charge < -0.3 is 8.94 Å². The van der Waals surface area contributed by atoms with E-state index in [1.807, 2.05) is 6.92 Å². The summed E-state index contributed by atoms with van der Waals surface area (Å²) in [5, 5.41) is 3.92. The fourth-order valence-electron chi connectivity index (χ4n) is 1.83. The second-order valence-electron chi connectivity index (χ2n) is 4.59. The van der Waals surface area contributed by atoms with E-state index < -0.39 is 0 Å². The monoisotopic (exact) mass is 319 g/mol. The van der Waals surface area contributed by atoms with Crippen LogP contribution in [-0.2, 0) is 17.9 Å². The van der Waals surface area contributed by atoms with Crippen LogP contribution in [0.5, 0.6) is 0 Å². The molecule has 0 radical (unpaired) electrons. The summed E-state index contributed by atoms with van der Waals surface area (Å²) < 4.78 is 23.6. The summed E-state index contributed by atoms with van der Waals surface area (Å²) in [5.74, 6) is 3.51. The molecule has 0 spiro atoms. The van der Waals surface area contributed by atoms with Crippen LogP contribution in [0.4, 0.5) is 4.39 Å². The summed E-state index contributed by atoms with van der Waals surface area (Å²) in [6.45, 7) is 2.02. The van der Waals surface area contributed by atoms with Crippen molar-refractivity contribution in [1.29, 1.82) is 0 Å². The van der Waals surface area contributed by atoms with Crippen molar-refractivity contribution in [2.45, 2.75) is 24.9 Å². The minimum atomic E-state index is -0.295. The maximum atomic E-state index is 12.9. The molecule has 3 rings (SSSR count). The molecule has 0 saturated heterocycles. The van der Waals surface area contributed by atoms with Gasteiger partial charge in [0.25, 0.3) is 5.89 Å². The Hall–Kier alpha value is -2.15. The minimum absolute atomic E-state index is 0.295. The summed E-state index contributed by atoms with van der Waals surface area (Å²) >= 11 is 1.59. The number of aromatic nitrogens is 3. The largest absolute Gasteiger partial charge is 0.445 e. The standard InChI is InChI=1S/C15H14FN3O2S/c1-2-12-7-17-14(20-12)9-22-8-13-18-15(21-19-13)10-3-5-11(16)6-4-10/h3-7H,2,8-9H2,1H3. The second kappa shape index (κ2) is 6.74. The molecule has 0 N–H and O–H groups in total. The summed E-state index contributed by atoms with van der Waals surface area (Å²) in [6, 6.07) is 5.95. The number of halogens is 1. The first kappa shape index (κ1) is 14.8. The van der Waals surface area contributed by atoms with Gasteiger partial charge in [0.05, 0.1) is 17.7 Å². The van der Waals surface area contributed by atoms with E-state index in [1.54, 1.807) is 30.1 Å². The minimum Gasteiger partial charge on any atom is -0.445 e. The van der Waals surface area contributed by atoms with Gasteiger partial charge in [-0.05, 0) is 24.3 Å². The molecule has 0 aliphatic heterocycles. The molecule has 0 amide bonds. The van der Waals surface area contributed by atoms with Gasteiger partial charge in [0.1, 0.15) is 11.6 Å². The van der Waals surface area contributed by atoms with E-state index in [0.717, 1.165) is 12.2 Å². The molecule has 7 heteroatoms. The van der Waals surface area contributed by atoms with Crippen LogP contribution in [0.1, 0.15) is 24.4 Å². The zero-order valence-electron chi connectivity index (χ0n) is 12.0. The lowest BCUT2D eigenvalue weighted by Crippen LogP contribution is -1.86. The van der Waals surface area contributed by atoms with Gasteiger partial charge in [-0.1, -0.05) is 12.1 Å². The molecule has 3 aromatic rings. The van der Waals surface area contributed by atoms with E-state index in [2.05, 4.69) is 15.1 Å². The number of hydrogen-bond donors (Lipinski definition) is 0. The Morgan fingerprint density at radius 2 is 2.00 bits per heavy atom. The first-order valence-electron chi connectivity index (χ1n) is 6.84. The van der Waals surface area contributed by atoms with E-state index in [1.165, 1.54) is 12.1 Å². The Bertz CT molecular complexity index is 739. The van der Waals surface area contributed by atoms with Crippen molar-refractivity contribution in [1.82, 2.24) is 15.1 Å². The van der Waals surface area contributed by atoms with Crippen molar-refractivity contribution in [3.8, 4) is 11.5 Å². The molecule has 22 heavy (non-hydrogen) atoms. The fraction of sp³-hybridized carbons (Fsp3) is 0.267. The first-order chi connectivity index (χ1) is 10.7. The van der Waals surface area contributed by atoms with Crippen LogP contribution < -0.4 is 0 Å². The number of nitrogens with zero attached hydrogens (tertiary/aromatic N) is 3. The Balaban J connectivity index is 1.56. The number of hydrogen-bond acceptors (Lipinski definition) is 6. The van der Waals surface area contributed by atoms with Crippen LogP contribution in [-0.4, -0.2) is 15.1 Å². The fourth-order valence-corrected chi connectivity index (χ4v) is 2.54. The molecule has 5 nitrogen and oxygen atoms in total. The highest BCUT2D eigenvalue weighted by Gasteiger charge is 2.10. The van der Waals surface area contributed by atoms with E-state index >= 15 is 0 Å². The molecule has 0 atom stereocenters. The molecule has 1 aromatic carbocycles. The molecule has 0 unspecified atom stereocenters. The third-order valence-corrected chi connectivity index (χ3v) is 3.88. The van der Waals surface area contributed by atoms with Gasteiger partial charge >= 0.3 is 0 Å². The van der Waals surface area contributed by atoms with E-state index in [-0.39, 0.29) is 5.82 Å². The van der Waals surface area contributed by atoms with Gasteiger partial charge in [0.2, 0.25) is 5.89 Å². The third-order valence-electron chi connectivity index (χ3n) is 2.97. The quantitative estimate of drug-likeness (QED) is 0.687. The average molecular weight is 319 g/mol. The van der Waals surface area contributed by atoms with Gasteiger partial charge in [-0.2, -0.15) is 4.98 Å². The third kappa shape index (κ3) is 3.54. The zero-order chi connectivity index (χ0) is 15.4. The van der Waals surface area contributed by atoms with E-state index in [4.69, 9.17) is 8.94 Å². The maximum Gasteiger partial charge on any atom is 0.257 e. The normalized spacial score (nSPS) is 11.0. The maximum absolute atomic E-state index is 12.9. The molecule has 0 bridgehead atoms. The van der Waals surface area contributed by atoms with Crippen LogP contribution in [0.15, 0.2) is 39.4 Å². The zero-order valence-corrected chi connectivity index (χ0v) is 12.8. The lowest BCUT2D eigenvalue weighted by Gasteiger charge is -1.94. The van der Waals surface area contributed by atoms with Gasteiger partial charge in [-0.15, -0.1) is 11.8 Å². The number of oxazole rings is 1. The van der Waals surface area contributed by atoms with Gasteiger partial charge in [-0.3, -0.25) is 0 Å². The van der Waals surface area contributed by atoms with Crippen LogP contribution in [0.3, 0.4) is 0 Å². The summed E-state index contributed by atoms with van der Waals surface area (Å²) in [5.41, 5.74) is 0.699. The smallest absolute Gasteiger partial charge is 0.257 e. The van der Waals surface area contributed by atoms with Crippen LogP contribution in [0.25, 0.3) is 11.5 Å². The van der Waals surface area contributed by atoms with Gasteiger partial charge in [0.15, 0.2) is 5.82 Å². The van der Waals surface area contributed by atoms with Crippen molar-refractivity contribution in [2.24, 2.45) is 0 Å². The Labute approximate surface area is 130 Å². The van der Waals surface area contributed by atoms with Crippen molar-refractivity contribution in [2.75, 3.05) is 0 Å². The van der Waals surface area contributed by atoms with Gasteiger partial charge in [0, 0.05) is 12.0 Å². The lowest BCUT2D eigenvalue weighted by atomic mass is 10.2. The van der Waals surface area contributed by atoms with Crippen LogP contribution >= 0.6 is 11.8 Å². The predicted molar refractivity (Wildman–Crippen MR) is 80.6 cm³/mol. The highest BCUT2D eigenvalue weighted by molar-refractivity contribution is 7.97. The molecule has 0 aliphatic carbocycles. The van der Waals surface area contributed by atoms with Crippen molar-refractivity contribution >= 4 is 11.8 Å². The van der Waals surface area contributed by atoms with Crippen LogP contribution in [0.2, 0.25) is 0 Å². The molecular weight excluding hydrogens is 305 g/mol. The van der Waals surface area contributed by atoms with Crippen LogP contribution in [0, 0.1) is 5.82 Å². The summed E-state index contributed by atoms with van der Waals surface area (Å²) in [4.78, 5) is 8.48. The molecular formula is C15H14FN3O2S. The second-order valence-corrected chi connectivity index (χ2v) is 5.57. The first-order valence-corrected chi connectivity index (χ1v) is 8.00. The topological polar surface area (TPSA) is 65.0 Å². The van der Waals surface area contributed by atoms with E-state index in [9.17, 15) is 4.39 Å². The highest BCUT2D eigenvalue weighted by Crippen LogP contribution is 2.21. The van der Waals surface area contributed by atoms with Crippen molar-refractivity contribution in [3.63, 3.8) is 0 Å². The molecule has 2 aromatic heterocycles. The predicted octanol–water partition coefficient (Wildman–Crippen LogP) is 3.86. The summed E-state index contributed by atoms with van der Waals surface area (Å²) in [6.07, 6.45) is 2.58.